The highest BCUT2D eigenvalue weighted by Crippen LogP contribution is 2.35. The van der Waals surface area contributed by atoms with Gasteiger partial charge in [-0.1, -0.05) is 0 Å². The van der Waals surface area contributed by atoms with Crippen LogP contribution < -0.4 is 15.1 Å². The van der Waals surface area contributed by atoms with E-state index in [1.807, 2.05) is 32.4 Å². The molecule has 150 valence electrons. The van der Waals surface area contributed by atoms with Gasteiger partial charge in [-0.05, 0) is 31.4 Å². The Hall–Kier alpha value is -3.27. The molecule has 0 aliphatic carbocycles. The number of ether oxygens (including phenoxy) is 1. The zero-order chi connectivity index (χ0) is 19.8. The third kappa shape index (κ3) is 3.25. The molecule has 29 heavy (non-hydrogen) atoms. The van der Waals surface area contributed by atoms with Gasteiger partial charge in [0.2, 0.25) is 11.9 Å². The molecule has 0 saturated heterocycles. The average Bonchev–Trinajstić information content (AvgIpc) is 3.28. The lowest BCUT2D eigenvalue weighted by Gasteiger charge is -2.21. The van der Waals surface area contributed by atoms with Crippen molar-refractivity contribution in [2.45, 2.75) is 19.8 Å². The van der Waals surface area contributed by atoms with Crippen LogP contribution in [0.15, 0.2) is 29.8 Å². The van der Waals surface area contributed by atoms with Gasteiger partial charge < -0.3 is 15.0 Å². The molecule has 3 aromatic rings. The number of aryl methyl sites for hydroxylation is 1. The first kappa shape index (κ1) is 17.8. The molecular formula is C19H23N9O. The maximum absolute atomic E-state index is 5.65. The summed E-state index contributed by atoms with van der Waals surface area (Å²) in [4.78, 5) is 22.6. The summed E-state index contributed by atoms with van der Waals surface area (Å²) in [6, 6.07) is 1.98. The van der Waals surface area contributed by atoms with Gasteiger partial charge in [-0.3, -0.25) is 9.89 Å². The molecule has 2 aliphatic heterocycles. The Balaban J connectivity index is 1.48. The van der Waals surface area contributed by atoms with Gasteiger partial charge in [-0.2, -0.15) is 10.1 Å². The van der Waals surface area contributed by atoms with Crippen molar-refractivity contribution in [3.05, 3.63) is 30.4 Å². The van der Waals surface area contributed by atoms with E-state index in [1.54, 1.807) is 4.52 Å². The van der Waals surface area contributed by atoms with E-state index in [-0.39, 0.29) is 0 Å². The molecule has 3 aromatic heterocycles. The van der Waals surface area contributed by atoms with E-state index < -0.39 is 0 Å². The average molecular weight is 393 g/mol. The third-order valence-corrected chi connectivity index (χ3v) is 5.15. The van der Waals surface area contributed by atoms with Gasteiger partial charge in [0.1, 0.15) is 12.0 Å². The summed E-state index contributed by atoms with van der Waals surface area (Å²) >= 11 is 0. The van der Waals surface area contributed by atoms with Crippen LogP contribution in [0.4, 0.5) is 23.1 Å². The fourth-order valence-electron chi connectivity index (χ4n) is 3.62. The maximum atomic E-state index is 5.65. The summed E-state index contributed by atoms with van der Waals surface area (Å²) in [7, 11) is 2.01. The number of guanidine groups is 1. The van der Waals surface area contributed by atoms with E-state index in [2.05, 4.69) is 30.2 Å². The number of anilines is 4. The SMILES string of the molecule is Cc1cc2ncnn2cc1Nc1ncc2c(n1)N1CCCOCCC/N=C\1N2C. The van der Waals surface area contributed by atoms with Gasteiger partial charge in [0.05, 0.1) is 18.1 Å². The molecule has 10 nitrogen and oxygen atoms in total. The fourth-order valence-corrected chi connectivity index (χ4v) is 3.62. The number of aromatic nitrogens is 5. The van der Waals surface area contributed by atoms with Crippen molar-refractivity contribution in [2.24, 2.45) is 4.99 Å². The Labute approximate surface area is 168 Å². The second-order valence-electron chi connectivity index (χ2n) is 7.17. The van der Waals surface area contributed by atoms with Gasteiger partial charge in [0, 0.05) is 33.4 Å². The predicted octanol–water partition coefficient (Wildman–Crippen LogP) is 1.99. The van der Waals surface area contributed by atoms with Gasteiger partial charge in [0.15, 0.2) is 11.5 Å². The zero-order valence-electron chi connectivity index (χ0n) is 16.5. The van der Waals surface area contributed by atoms with Gasteiger partial charge in [-0.15, -0.1) is 0 Å². The first-order valence-corrected chi connectivity index (χ1v) is 9.78. The second kappa shape index (κ2) is 7.28. The number of hydrogen-bond acceptors (Lipinski definition) is 9. The molecule has 0 fully saturated rings. The van der Waals surface area contributed by atoms with Crippen molar-refractivity contribution >= 4 is 34.7 Å². The highest BCUT2D eigenvalue weighted by atomic mass is 16.5. The maximum Gasteiger partial charge on any atom is 0.229 e. The lowest BCUT2D eigenvalue weighted by atomic mass is 10.2. The monoisotopic (exact) mass is 393 g/mol. The van der Waals surface area contributed by atoms with Crippen molar-refractivity contribution in [3.8, 4) is 0 Å². The predicted molar refractivity (Wildman–Crippen MR) is 111 cm³/mol. The van der Waals surface area contributed by atoms with Crippen LogP contribution in [-0.4, -0.2) is 63.9 Å². The van der Waals surface area contributed by atoms with Crippen molar-refractivity contribution in [1.82, 2.24) is 24.6 Å². The van der Waals surface area contributed by atoms with E-state index >= 15 is 0 Å². The molecule has 5 rings (SSSR count). The topological polar surface area (TPSA) is 96.1 Å². The Morgan fingerprint density at radius 3 is 3.00 bits per heavy atom. The van der Waals surface area contributed by atoms with Crippen LogP contribution >= 0.6 is 0 Å². The summed E-state index contributed by atoms with van der Waals surface area (Å²) in [6.45, 7) is 5.07. The molecule has 0 aromatic carbocycles. The quantitative estimate of drug-likeness (QED) is 0.706. The first-order valence-electron chi connectivity index (χ1n) is 9.78. The van der Waals surface area contributed by atoms with Gasteiger partial charge in [0.25, 0.3) is 0 Å². The number of hydrogen-bond donors (Lipinski definition) is 1. The molecule has 0 spiro atoms. The normalized spacial score (nSPS) is 18.9. The Bertz CT molecular complexity index is 1080. The smallest absolute Gasteiger partial charge is 0.229 e. The first-order chi connectivity index (χ1) is 14.2. The fraction of sp³-hybridized carbons (Fsp3) is 0.421. The molecule has 2 aliphatic rings. The summed E-state index contributed by atoms with van der Waals surface area (Å²) in [5, 5.41) is 7.53. The minimum Gasteiger partial charge on any atom is -0.381 e. The number of aliphatic imine (C=N–C) groups is 1. The number of rotatable bonds is 2. The Morgan fingerprint density at radius 2 is 2.07 bits per heavy atom. The van der Waals surface area contributed by atoms with Crippen molar-refractivity contribution in [2.75, 3.05) is 48.5 Å². The van der Waals surface area contributed by atoms with E-state index in [4.69, 9.17) is 14.7 Å². The van der Waals surface area contributed by atoms with E-state index in [0.29, 0.717) is 5.95 Å². The molecule has 0 unspecified atom stereocenters. The van der Waals surface area contributed by atoms with Crippen LogP contribution in [0, 0.1) is 6.92 Å². The van der Waals surface area contributed by atoms with Gasteiger partial charge >= 0.3 is 0 Å². The summed E-state index contributed by atoms with van der Waals surface area (Å²) in [5.74, 6) is 2.33. The van der Waals surface area contributed by atoms with E-state index in [1.165, 1.54) is 6.33 Å². The van der Waals surface area contributed by atoms with Crippen molar-refractivity contribution < 1.29 is 4.74 Å². The summed E-state index contributed by atoms with van der Waals surface area (Å²) in [6.07, 6.45) is 7.12. The number of nitrogens with zero attached hydrogens (tertiary/aromatic N) is 8. The van der Waals surface area contributed by atoms with Crippen LogP contribution in [-0.2, 0) is 4.74 Å². The van der Waals surface area contributed by atoms with Crippen LogP contribution in [0.2, 0.25) is 0 Å². The molecule has 0 amide bonds. The lowest BCUT2D eigenvalue weighted by molar-refractivity contribution is 0.132. The third-order valence-electron chi connectivity index (χ3n) is 5.15. The van der Waals surface area contributed by atoms with Crippen LogP contribution in [0.3, 0.4) is 0 Å². The zero-order valence-corrected chi connectivity index (χ0v) is 16.5. The van der Waals surface area contributed by atoms with Crippen LogP contribution in [0.25, 0.3) is 5.65 Å². The Morgan fingerprint density at radius 1 is 1.17 bits per heavy atom. The van der Waals surface area contributed by atoms with Crippen LogP contribution in [0.1, 0.15) is 18.4 Å². The number of nitrogens with one attached hydrogen (secondary N) is 1. The number of pyridine rings is 1. The molecule has 0 atom stereocenters. The summed E-state index contributed by atoms with van der Waals surface area (Å²) < 4.78 is 7.38. The number of fused-ring (bicyclic) bond motifs is 4. The highest BCUT2D eigenvalue weighted by molar-refractivity contribution is 6.14. The minimum absolute atomic E-state index is 0.536. The largest absolute Gasteiger partial charge is 0.381 e. The Kier molecular flexibility index (Phi) is 4.47. The van der Waals surface area contributed by atoms with E-state index in [0.717, 1.165) is 73.5 Å². The molecule has 10 heteroatoms. The summed E-state index contributed by atoms with van der Waals surface area (Å²) in [5.41, 5.74) is 3.70. The molecule has 0 saturated carbocycles. The molecule has 0 bridgehead atoms. The van der Waals surface area contributed by atoms with E-state index in [9.17, 15) is 0 Å². The second-order valence-corrected chi connectivity index (χ2v) is 7.17. The minimum atomic E-state index is 0.536. The molecule has 5 heterocycles. The molecular weight excluding hydrogens is 370 g/mol. The molecule has 1 N–H and O–H groups in total. The standard InChI is InChI=1S/C19H23N9O/c1-13-9-16-22-12-23-28(16)11-14(13)24-18-21-10-15-17(25-18)27-6-4-8-29-7-3-5-20-19(27)26(15)2/h9-12H,3-8H2,1-2H3,(H,21,24,25)/b20-19-. The lowest BCUT2D eigenvalue weighted by Crippen LogP contribution is -2.38. The van der Waals surface area contributed by atoms with Crippen molar-refractivity contribution in [1.29, 1.82) is 0 Å². The molecule has 0 radical (unpaired) electrons. The highest BCUT2D eigenvalue weighted by Gasteiger charge is 2.32. The van der Waals surface area contributed by atoms with Crippen LogP contribution in [0.5, 0.6) is 0 Å². The van der Waals surface area contributed by atoms with Gasteiger partial charge in [-0.25, -0.2) is 14.5 Å². The van der Waals surface area contributed by atoms with Crippen molar-refractivity contribution in [3.63, 3.8) is 0 Å².